The van der Waals surface area contributed by atoms with Gasteiger partial charge in [0.25, 0.3) is 5.91 Å². The van der Waals surface area contributed by atoms with Gasteiger partial charge in [0, 0.05) is 37.3 Å². The summed E-state index contributed by atoms with van der Waals surface area (Å²) in [4.78, 5) is 15.7. The monoisotopic (exact) mass is 409 g/mol. The van der Waals surface area contributed by atoms with Crippen LogP contribution in [0.1, 0.15) is 39.9 Å². The van der Waals surface area contributed by atoms with Gasteiger partial charge in [0.1, 0.15) is 0 Å². The molecule has 7 heteroatoms. The summed E-state index contributed by atoms with van der Waals surface area (Å²) in [6.07, 6.45) is 1.79. The largest absolute Gasteiger partial charge is 0.420 e. The number of aryl methyl sites for hydroxylation is 1. The molecule has 0 saturated carbocycles. The fraction of sp³-hybridized carbons (Fsp3) is 0.409. The lowest BCUT2D eigenvalue weighted by molar-refractivity contribution is 0.00911. The van der Waals surface area contributed by atoms with E-state index in [4.69, 9.17) is 9.15 Å². The average Bonchev–Trinajstić information content (AvgIpc) is 3.49. The van der Waals surface area contributed by atoms with E-state index in [9.17, 15) is 4.79 Å². The molecule has 0 aliphatic carbocycles. The minimum Gasteiger partial charge on any atom is -0.420 e. The number of nitrogens with zero attached hydrogens (tertiary/aromatic N) is 3. The van der Waals surface area contributed by atoms with E-state index in [1.807, 2.05) is 46.7 Å². The minimum atomic E-state index is -0.0672. The summed E-state index contributed by atoms with van der Waals surface area (Å²) in [7, 11) is 0. The summed E-state index contributed by atoms with van der Waals surface area (Å²) >= 11 is 1.49. The van der Waals surface area contributed by atoms with Gasteiger partial charge in [-0.15, -0.1) is 21.5 Å². The van der Waals surface area contributed by atoms with Gasteiger partial charge in [-0.1, -0.05) is 23.8 Å². The van der Waals surface area contributed by atoms with Crippen LogP contribution in [0.5, 0.6) is 0 Å². The Balaban J connectivity index is 1.45. The third kappa shape index (κ3) is 3.38. The third-order valence-corrected chi connectivity index (χ3v) is 7.05. The van der Waals surface area contributed by atoms with Gasteiger partial charge >= 0.3 is 0 Å². The Morgan fingerprint density at radius 3 is 2.69 bits per heavy atom. The summed E-state index contributed by atoms with van der Waals surface area (Å²) in [5.74, 6) is 1.28. The van der Waals surface area contributed by atoms with Gasteiger partial charge in [-0.3, -0.25) is 4.79 Å². The smallest absolute Gasteiger partial charge is 0.263 e. The van der Waals surface area contributed by atoms with Crippen molar-refractivity contribution in [2.75, 3.05) is 26.3 Å². The molecule has 2 aromatic heterocycles. The van der Waals surface area contributed by atoms with Gasteiger partial charge in [0.15, 0.2) is 0 Å². The second-order valence-electron chi connectivity index (χ2n) is 8.00. The fourth-order valence-electron chi connectivity index (χ4n) is 4.49. The topological polar surface area (TPSA) is 68.5 Å². The summed E-state index contributed by atoms with van der Waals surface area (Å²) in [6.45, 7) is 4.77. The predicted molar refractivity (Wildman–Crippen MR) is 110 cm³/mol. The van der Waals surface area contributed by atoms with E-state index in [0.717, 1.165) is 23.3 Å². The number of hydrogen-bond donors (Lipinski definition) is 0. The lowest BCUT2D eigenvalue weighted by Gasteiger charge is -2.36. The van der Waals surface area contributed by atoms with Crippen molar-refractivity contribution in [3.63, 3.8) is 0 Å². The molecule has 1 amide bonds. The summed E-state index contributed by atoms with van der Waals surface area (Å²) < 4.78 is 11.8. The predicted octanol–water partition coefficient (Wildman–Crippen LogP) is 4.14. The van der Waals surface area contributed by atoms with Crippen LogP contribution in [-0.2, 0) is 4.74 Å². The van der Waals surface area contributed by atoms with E-state index in [2.05, 4.69) is 17.1 Å². The molecule has 0 bridgehead atoms. The lowest BCUT2D eigenvalue weighted by atomic mass is 9.72. The standard InChI is InChI=1S/C22H23N3O3S/c1-15-4-6-16(7-5-15)19-23-24-20(28-19)17-13-25(21(26)18-3-2-12-29-18)14-22(17)8-10-27-11-9-22/h2-7,12,17H,8-11,13-14H2,1H3. The highest BCUT2D eigenvalue weighted by molar-refractivity contribution is 7.12. The van der Waals surface area contributed by atoms with Gasteiger partial charge in [-0.05, 0) is 43.3 Å². The second kappa shape index (κ2) is 7.39. The molecule has 29 heavy (non-hydrogen) atoms. The van der Waals surface area contributed by atoms with Gasteiger partial charge in [0.2, 0.25) is 11.8 Å². The van der Waals surface area contributed by atoms with Gasteiger partial charge in [0.05, 0.1) is 10.8 Å². The number of hydrogen-bond acceptors (Lipinski definition) is 6. The Morgan fingerprint density at radius 2 is 1.97 bits per heavy atom. The van der Waals surface area contributed by atoms with Crippen LogP contribution in [0.2, 0.25) is 0 Å². The highest BCUT2D eigenvalue weighted by atomic mass is 32.1. The average molecular weight is 410 g/mol. The summed E-state index contributed by atoms with van der Waals surface area (Å²) in [6, 6.07) is 11.9. The first-order valence-corrected chi connectivity index (χ1v) is 10.8. The van der Waals surface area contributed by atoms with Gasteiger partial charge < -0.3 is 14.1 Å². The molecule has 1 aromatic carbocycles. The van der Waals surface area contributed by atoms with Crippen LogP contribution in [0.25, 0.3) is 11.5 Å². The van der Waals surface area contributed by atoms with Crippen LogP contribution in [-0.4, -0.2) is 47.3 Å². The lowest BCUT2D eigenvalue weighted by Crippen LogP contribution is -2.37. The first kappa shape index (κ1) is 18.5. The summed E-state index contributed by atoms with van der Waals surface area (Å²) in [5, 5.41) is 10.7. The van der Waals surface area contributed by atoms with Crippen molar-refractivity contribution >= 4 is 17.2 Å². The van der Waals surface area contributed by atoms with Crippen molar-refractivity contribution in [1.29, 1.82) is 0 Å². The maximum absolute atomic E-state index is 13.0. The maximum Gasteiger partial charge on any atom is 0.263 e. The van der Waals surface area contributed by atoms with Crippen LogP contribution < -0.4 is 0 Å². The Hall–Kier alpha value is -2.51. The van der Waals surface area contributed by atoms with Crippen molar-refractivity contribution in [3.05, 3.63) is 58.1 Å². The molecule has 1 unspecified atom stereocenters. The molecule has 5 rings (SSSR count). The molecule has 0 radical (unpaired) electrons. The number of ether oxygens (including phenoxy) is 1. The molecule has 4 heterocycles. The zero-order valence-corrected chi connectivity index (χ0v) is 17.2. The molecule has 2 saturated heterocycles. The molecular formula is C22H23N3O3S. The molecular weight excluding hydrogens is 386 g/mol. The van der Waals surface area contributed by atoms with Crippen molar-refractivity contribution in [1.82, 2.24) is 15.1 Å². The van der Waals surface area contributed by atoms with E-state index in [-0.39, 0.29) is 17.2 Å². The Morgan fingerprint density at radius 1 is 1.17 bits per heavy atom. The molecule has 1 spiro atoms. The number of amides is 1. The number of carbonyl (C=O) groups is 1. The van der Waals surface area contributed by atoms with E-state index in [1.54, 1.807) is 0 Å². The SMILES string of the molecule is Cc1ccc(-c2nnc(C3CN(C(=O)c4cccs4)CC34CCOCC4)o2)cc1. The number of benzene rings is 1. The highest BCUT2D eigenvalue weighted by Gasteiger charge is 2.51. The maximum atomic E-state index is 13.0. The molecule has 6 nitrogen and oxygen atoms in total. The van der Waals surface area contributed by atoms with Crippen molar-refractivity contribution in [2.24, 2.45) is 5.41 Å². The first-order chi connectivity index (χ1) is 14.1. The van der Waals surface area contributed by atoms with Crippen molar-refractivity contribution in [3.8, 4) is 11.5 Å². The molecule has 0 N–H and O–H groups in total. The van der Waals surface area contributed by atoms with E-state index < -0.39 is 0 Å². The fourth-order valence-corrected chi connectivity index (χ4v) is 5.18. The number of rotatable bonds is 3. The van der Waals surface area contributed by atoms with Crippen LogP contribution in [0, 0.1) is 12.3 Å². The quantitative estimate of drug-likeness (QED) is 0.650. The first-order valence-electron chi connectivity index (χ1n) is 9.96. The normalized spacial score (nSPS) is 21.0. The Bertz CT molecular complexity index is 991. The van der Waals surface area contributed by atoms with E-state index in [0.29, 0.717) is 38.1 Å². The molecule has 150 valence electrons. The number of aromatic nitrogens is 2. The highest BCUT2D eigenvalue weighted by Crippen LogP contribution is 2.49. The second-order valence-corrected chi connectivity index (χ2v) is 8.95. The van der Waals surface area contributed by atoms with Crippen molar-refractivity contribution in [2.45, 2.75) is 25.7 Å². The van der Waals surface area contributed by atoms with Crippen LogP contribution in [0.3, 0.4) is 0 Å². The minimum absolute atomic E-state index is 0.0296. The number of likely N-dealkylation sites (tertiary alicyclic amines) is 1. The molecule has 2 aliphatic heterocycles. The van der Waals surface area contributed by atoms with E-state index in [1.165, 1.54) is 16.9 Å². The molecule has 2 aliphatic rings. The van der Waals surface area contributed by atoms with Crippen LogP contribution in [0.4, 0.5) is 0 Å². The molecule has 3 aromatic rings. The summed E-state index contributed by atoms with van der Waals surface area (Å²) in [5.41, 5.74) is 2.04. The van der Waals surface area contributed by atoms with Crippen LogP contribution in [0.15, 0.2) is 46.2 Å². The Labute approximate surface area is 173 Å². The van der Waals surface area contributed by atoms with Crippen LogP contribution >= 0.6 is 11.3 Å². The zero-order chi connectivity index (χ0) is 19.8. The van der Waals surface area contributed by atoms with Gasteiger partial charge in [-0.2, -0.15) is 0 Å². The number of thiophene rings is 1. The molecule has 1 atom stereocenters. The van der Waals surface area contributed by atoms with E-state index >= 15 is 0 Å². The zero-order valence-electron chi connectivity index (χ0n) is 16.3. The van der Waals surface area contributed by atoms with Crippen molar-refractivity contribution < 1.29 is 13.9 Å². The third-order valence-electron chi connectivity index (χ3n) is 6.19. The number of carbonyl (C=O) groups excluding carboxylic acids is 1. The molecule has 2 fully saturated rings. The Kier molecular flexibility index (Phi) is 4.72. The van der Waals surface area contributed by atoms with Gasteiger partial charge in [-0.25, -0.2) is 0 Å².